The second-order valence-corrected chi connectivity index (χ2v) is 5.86. The maximum Gasteiger partial charge on any atom is 0.309 e. The first-order valence-corrected chi connectivity index (χ1v) is 7.59. The number of hydrogen-bond acceptors (Lipinski definition) is 4. The lowest BCUT2D eigenvalue weighted by atomic mass is 9.92. The van der Waals surface area contributed by atoms with Crippen LogP contribution >= 0.6 is 0 Å². The topological polar surface area (TPSA) is 38.8 Å². The van der Waals surface area contributed by atoms with Gasteiger partial charge in [0, 0.05) is 0 Å². The van der Waals surface area contributed by atoms with E-state index < -0.39 is 0 Å². The van der Waals surface area contributed by atoms with Gasteiger partial charge in [0.15, 0.2) is 0 Å². The van der Waals surface area contributed by atoms with Gasteiger partial charge in [-0.25, -0.2) is 0 Å². The van der Waals surface area contributed by atoms with Crippen LogP contribution in [0.15, 0.2) is 24.3 Å². The Morgan fingerprint density at radius 3 is 2.48 bits per heavy atom. The number of piperidine rings is 1. The summed E-state index contributed by atoms with van der Waals surface area (Å²) in [5.41, 5.74) is 0.946. The van der Waals surface area contributed by atoms with Gasteiger partial charge in [0.1, 0.15) is 5.75 Å². The Morgan fingerprint density at radius 1 is 1.29 bits per heavy atom. The molecule has 1 heterocycles. The second-order valence-electron chi connectivity index (χ2n) is 5.86. The van der Waals surface area contributed by atoms with Crippen molar-refractivity contribution in [2.75, 3.05) is 27.2 Å². The molecular formula is C17H25NO3. The predicted molar refractivity (Wildman–Crippen MR) is 82.5 cm³/mol. The average molecular weight is 291 g/mol. The lowest BCUT2D eigenvalue weighted by molar-refractivity contribution is -0.139. The van der Waals surface area contributed by atoms with Crippen molar-refractivity contribution in [2.45, 2.75) is 32.3 Å². The molecule has 4 nitrogen and oxygen atoms in total. The number of esters is 1. The van der Waals surface area contributed by atoms with Gasteiger partial charge in [-0.05, 0) is 63.5 Å². The lowest BCUT2D eigenvalue weighted by Crippen LogP contribution is -2.36. The molecule has 1 unspecified atom stereocenters. The van der Waals surface area contributed by atoms with Gasteiger partial charge in [0.05, 0.1) is 19.6 Å². The van der Waals surface area contributed by atoms with Crippen LogP contribution in [0.2, 0.25) is 0 Å². The number of hydrogen-bond donors (Lipinski definition) is 0. The van der Waals surface area contributed by atoms with Crippen molar-refractivity contribution >= 4 is 5.97 Å². The van der Waals surface area contributed by atoms with Crippen molar-refractivity contribution in [2.24, 2.45) is 5.92 Å². The van der Waals surface area contributed by atoms with Gasteiger partial charge in [0.2, 0.25) is 0 Å². The largest absolute Gasteiger partial charge is 0.490 e. The first-order chi connectivity index (χ1) is 10.1. The molecule has 4 heteroatoms. The fraction of sp³-hybridized carbons (Fsp3) is 0.588. The van der Waals surface area contributed by atoms with Gasteiger partial charge in [-0.2, -0.15) is 0 Å². The van der Waals surface area contributed by atoms with Crippen molar-refractivity contribution in [3.63, 3.8) is 0 Å². The van der Waals surface area contributed by atoms with Crippen LogP contribution in [-0.4, -0.2) is 44.2 Å². The molecular weight excluding hydrogens is 266 g/mol. The fourth-order valence-corrected chi connectivity index (χ4v) is 2.73. The first kappa shape index (κ1) is 15.8. The van der Waals surface area contributed by atoms with Gasteiger partial charge < -0.3 is 14.4 Å². The molecule has 1 aliphatic heterocycles. The zero-order valence-electron chi connectivity index (χ0n) is 13.2. The summed E-state index contributed by atoms with van der Waals surface area (Å²) < 4.78 is 10.7. The normalized spacial score (nSPS) is 18.2. The van der Waals surface area contributed by atoms with E-state index >= 15 is 0 Å². The number of methoxy groups -OCH3 is 1. The van der Waals surface area contributed by atoms with E-state index in [4.69, 9.17) is 4.74 Å². The zero-order chi connectivity index (χ0) is 15.2. The summed E-state index contributed by atoms with van der Waals surface area (Å²) in [5, 5.41) is 0. The zero-order valence-corrected chi connectivity index (χ0v) is 13.2. The molecule has 0 bridgehead atoms. The van der Waals surface area contributed by atoms with E-state index in [2.05, 4.69) is 23.6 Å². The van der Waals surface area contributed by atoms with Crippen molar-refractivity contribution in [3.05, 3.63) is 29.8 Å². The minimum absolute atomic E-state index is 0.219. The Morgan fingerprint density at radius 2 is 1.90 bits per heavy atom. The molecule has 21 heavy (non-hydrogen) atoms. The number of ether oxygens (including phenoxy) is 2. The molecule has 0 radical (unpaired) electrons. The van der Waals surface area contributed by atoms with Gasteiger partial charge in [-0.15, -0.1) is 0 Å². The molecule has 0 saturated carbocycles. The van der Waals surface area contributed by atoms with E-state index in [-0.39, 0.29) is 12.1 Å². The van der Waals surface area contributed by atoms with E-state index in [1.165, 1.54) is 20.0 Å². The minimum Gasteiger partial charge on any atom is -0.490 e. The van der Waals surface area contributed by atoms with E-state index in [9.17, 15) is 4.79 Å². The Kier molecular flexibility index (Phi) is 5.62. The van der Waals surface area contributed by atoms with E-state index in [0.717, 1.165) is 24.4 Å². The van der Waals surface area contributed by atoms with E-state index in [1.807, 2.05) is 24.3 Å². The van der Waals surface area contributed by atoms with Crippen molar-refractivity contribution < 1.29 is 14.3 Å². The third-order valence-electron chi connectivity index (χ3n) is 4.25. The van der Waals surface area contributed by atoms with Crippen molar-refractivity contribution in [1.29, 1.82) is 0 Å². The van der Waals surface area contributed by atoms with Crippen LogP contribution in [0.3, 0.4) is 0 Å². The molecule has 1 aromatic carbocycles. The van der Waals surface area contributed by atoms with Crippen LogP contribution in [0.5, 0.6) is 5.75 Å². The summed E-state index contributed by atoms with van der Waals surface area (Å²) in [6.45, 7) is 4.45. The standard InChI is InChI=1S/C17H25NO3/c1-13(15-8-10-18(2)11-9-15)21-16-6-4-14(5-7-16)12-17(19)20-3/h4-7,13,15H,8-12H2,1-3H3. The fourth-order valence-electron chi connectivity index (χ4n) is 2.73. The molecule has 0 spiro atoms. The highest BCUT2D eigenvalue weighted by molar-refractivity contribution is 5.72. The molecule has 1 aromatic rings. The molecule has 2 rings (SSSR count). The summed E-state index contributed by atoms with van der Waals surface area (Å²) in [6.07, 6.45) is 2.92. The van der Waals surface area contributed by atoms with Crippen LogP contribution in [0.4, 0.5) is 0 Å². The quantitative estimate of drug-likeness (QED) is 0.781. The third-order valence-corrected chi connectivity index (χ3v) is 4.25. The molecule has 1 saturated heterocycles. The SMILES string of the molecule is COC(=O)Cc1ccc(OC(C)C2CCN(C)CC2)cc1. The monoisotopic (exact) mass is 291 g/mol. The van der Waals surface area contributed by atoms with Crippen LogP contribution in [0.25, 0.3) is 0 Å². The maximum atomic E-state index is 11.2. The number of likely N-dealkylation sites (tertiary alicyclic amines) is 1. The Hall–Kier alpha value is -1.55. The molecule has 1 atom stereocenters. The molecule has 0 amide bonds. The first-order valence-electron chi connectivity index (χ1n) is 7.59. The number of carbonyl (C=O) groups excluding carboxylic acids is 1. The maximum absolute atomic E-state index is 11.2. The van der Waals surface area contributed by atoms with E-state index in [1.54, 1.807) is 0 Å². The highest BCUT2D eigenvalue weighted by Crippen LogP contribution is 2.24. The Labute approximate surface area is 127 Å². The number of benzene rings is 1. The van der Waals surface area contributed by atoms with Crippen LogP contribution in [0.1, 0.15) is 25.3 Å². The Balaban J connectivity index is 1.86. The highest BCUT2D eigenvalue weighted by atomic mass is 16.5. The summed E-state index contributed by atoms with van der Waals surface area (Å²) in [5.74, 6) is 1.27. The van der Waals surface area contributed by atoms with Gasteiger partial charge in [0.25, 0.3) is 0 Å². The summed E-state index contributed by atoms with van der Waals surface area (Å²) in [4.78, 5) is 13.6. The van der Waals surface area contributed by atoms with Crippen molar-refractivity contribution in [1.82, 2.24) is 4.90 Å². The second kappa shape index (κ2) is 7.46. The lowest BCUT2D eigenvalue weighted by Gasteiger charge is -2.32. The number of carbonyl (C=O) groups is 1. The summed E-state index contributed by atoms with van der Waals surface area (Å²) >= 11 is 0. The minimum atomic E-state index is -0.219. The van der Waals surface area contributed by atoms with Gasteiger partial charge >= 0.3 is 5.97 Å². The summed E-state index contributed by atoms with van der Waals surface area (Å²) in [7, 11) is 3.57. The number of nitrogens with zero attached hydrogens (tertiary/aromatic N) is 1. The van der Waals surface area contributed by atoms with E-state index in [0.29, 0.717) is 12.3 Å². The molecule has 0 N–H and O–H groups in total. The molecule has 1 aliphatic rings. The number of rotatable bonds is 5. The predicted octanol–water partition coefficient (Wildman–Crippen LogP) is 2.51. The van der Waals surface area contributed by atoms with Crippen LogP contribution in [-0.2, 0) is 16.0 Å². The summed E-state index contributed by atoms with van der Waals surface area (Å²) in [6, 6.07) is 7.72. The molecule has 116 valence electrons. The third kappa shape index (κ3) is 4.74. The van der Waals surface area contributed by atoms with Crippen molar-refractivity contribution in [3.8, 4) is 5.75 Å². The molecule has 1 fully saturated rings. The molecule has 0 aromatic heterocycles. The van der Waals surface area contributed by atoms with Gasteiger partial charge in [-0.1, -0.05) is 12.1 Å². The van der Waals surface area contributed by atoms with Crippen LogP contribution in [0, 0.1) is 5.92 Å². The van der Waals surface area contributed by atoms with Crippen LogP contribution < -0.4 is 4.74 Å². The highest BCUT2D eigenvalue weighted by Gasteiger charge is 2.23. The van der Waals surface area contributed by atoms with Gasteiger partial charge in [-0.3, -0.25) is 4.79 Å². The Bertz CT molecular complexity index is 450. The smallest absolute Gasteiger partial charge is 0.309 e. The molecule has 0 aliphatic carbocycles. The average Bonchev–Trinajstić information content (AvgIpc) is 2.49.